The maximum atomic E-state index is 13.1. The first-order valence-corrected chi connectivity index (χ1v) is 9.75. The van der Waals surface area contributed by atoms with Crippen molar-refractivity contribution in [3.8, 4) is 0 Å². The fourth-order valence-corrected chi connectivity index (χ4v) is 4.32. The zero-order valence-corrected chi connectivity index (χ0v) is 15.9. The molecule has 2 aromatic carbocycles. The number of carbonyl (C=O) groups excluding carboxylic acids is 1. The molecule has 2 heterocycles. The molecule has 136 valence electrons. The molecule has 0 aliphatic carbocycles. The molecule has 2 aromatic rings. The van der Waals surface area contributed by atoms with Crippen LogP contribution in [0.5, 0.6) is 0 Å². The van der Waals surface area contributed by atoms with Gasteiger partial charge in [0.15, 0.2) is 6.04 Å². The molecule has 26 heavy (non-hydrogen) atoms. The van der Waals surface area contributed by atoms with Gasteiger partial charge in [0.05, 0.1) is 26.2 Å². The number of halogens is 1. The molecule has 1 amide bonds. The molecule has 1 fully saturated rings. The third-order valence-electron chi connectivity index (χ3n) is 5.72. The van der Waals surface area contributed by atoms with Gasteiger partial charge in [0.25, 0.3) is 5.91 Å². The lowest BCUT2D eigenvalue weighted by Gasteiger charge is -2.37. The summed E-state index contributed by atoms with van der Waals surface area (Å²) < 4.78 is 0. The normalized spacial score (nSPS) is 18.7. The van der Waals surface area contributed by atoms with Gasteiger partial charge in [0.2, 0.25) is 0 Å². The van der Waals surface area contributed by atoms with E-state index in [-0.39, 0.29) is 11.9 Å². The van der Waals surface area contributed by atoms with Gasteiger partial charge in [-0.2, -0.15) is 0 Å². The van der Waals surface area contributed by atoms with Gasteiger partial charge in [-0.15, -0.1) is 0 Å². The fourth-order valence-electron chi connectivity index (χ4n) is 4.13. The summed E-state index contributed by atoms with van der Waals surface area (Å²) in [5, 5.41) is 0.772. The van der Waals surface area contributed by atoms with Crippen LogP contribution in [0.2, 0.25) is 5.02 Å². The Labute approximate surface area is 160 Å². The summed E-state index contributed by atoms with van der Waals surface area (Å²) >= 11 is 6.12. The van der Waals surface area contributed by atoms with Crippen molar-refractivity contribution >= 4 is 28.9 Å². The highest BCUT2D eigenvalue weighted by Gasteiger charge is 2.35. The van der Waals surface area contributed by atoms with Crippen molar-refractivity contribution in [2.24, 2.45) is 0 Å². The summed E-state index contributed by atoms with van der Waals surface area (Å²) in [4.78, 5) is 18.8. The maximum absolute atomic E-state index is 13.1. The van der Waals surface area contributed by atoms with Crippen LogP contribution in [0.4, 0.5) is 11.4 Å². The van der Waals surface area contributed by atoms with E-state index in [1.807, 2.05) is 29.2 Å². The van der Waals surface area contributed by atoms with E-state index in [1.165, 1.54) is 16.2 Å². The fraction of sp³-hybridized carbons (Fsp3) is 0.381. The van der Waals surface area contributed by atoms with E-state index in [1.54, 1.807) is 0 Å². The van der Waals surface area contributed by atoms with E-state index in [4.69, 9.17) is 11.6 Å². The Balaban J connectivity index is 1.39. The number of piperazine rings is 1. The lowest BCUT2D eigenvalue weighted by Crippen LogP contribution is -3.19. The Morgan fingerprint density at radius 1 is 1.08 bits per heavy atom. The molecule has 0 spiro atoms. The number of hydrogen-bond donors (Lipinski definition) is 1. The maximum Gasteiger partial charge on any atom is 0.284 e. The van der Waals surface area contributed by atoms with Crippen molar-refractivity contribution in [2.45, 2.75) is 19.4 Å². The lowest BCUT2D eigenvalue weighted by molar-refractivity contribution is -0.914. The molecule has 4 nitrogen and oxygen atoms in total. The van der Waals surface area contributed by atoms with Crippen LogP contribution in [0.1, 0.15) is 12.5 Å². The van der Waals surface area contributed by atoms with Crippen molar-refractivity contribution in [1.82, 2.24) is 0 Å². The van der Waals surface area contributed by atoms with Crippen molar-refractivity contribution in [1.29, 1.82) is 0 Å². The molecule has 5 heteroatoms. The van der Waals surface area contributed by atoms with Crippen molar-refractivity contribution in [3.05, 3.63) is 59.1 Å². The molecule has 0 radical (unpaired) electrons. The van der Waals surface area contributed by atoms with Crippen LogP contribution in [0.15, 0.2) is 48.5 Å². The second-order valence-electron chi connectivity index (χ2n) is 7.22. The van der Waals surface area contributed by atoms with E-state index in [2.05, 4.69) is 36.1 Å². The van der Waals surface area contributed by atoms with Gasteiger partial charge in [0.1, 0.15) is 0 Å². The molecule has 0 saturated carbocycles. The molecular weight excluding hydrogens is 346 g/mol. The van der Waals surface area contributed by atoms with Crippen molar-refractivity contribution in [2.75, 3.05) is 42.5 Å². The first-order valence-electron chi connectivity index (χ1n) is 9.38. The van der Waals surface area contributed by atoms with Gasteiger partial charge in [0, 0.05) is 22.9 Å². The molecule has 2 aliphatic heterocycles. The molecule has 0 unspecified atom stereocenters. The van der Waals surface area contributed by atoms with E-state index in [0.29, 0.717) is 0 Å². The van der Waals surface area contributed by atoms with Crippen LogP contribution in [0.25, 0.3) is 0 Å². The van der Waals surface area contributed by atoms with E-state index in [0.717, 1.165) is 49.9 Å². The summed E-state index contributed by atoms with van der Waals surface area (Å²) in [5.41, 5.74) is 3.55. The number of carbonyl (C=O) groups is 1. The quantitative estimate of drug-likeness (QED) is 0.895. The lowest BCUT2D eigenvalue weighted by atomic mass is 10.1. The molecular formula is C21H25ClN3O+. The summed E-state index contributed by atoms with van der Waals surface area (Å²) in [7, 11) is 0. The standard InChI is InChI=1S/C21H24ClN3O/c1-16(21(26)25-10-9-17-5-2-3-8-20(17)25)23-11-13-24(14-12-23)19-7-4-6-18(22)15-19/h2-8,15-16H,9-14H2,1H3/p+1/t16-/m0/s1. The van der Waals surface area contributed by atoms with Gasteiger partial charge in [-0.1, -0.05) is 35.9 Å². The first kappa shape index (κ1) is 17.4. The number of para-hydroxylation sites is 1. The van der Waals surface area contributed by atoms with Gasteiger partial charge < -0.3 is 14.7 Å². The zero-order chi connectivity index (χ0) is 18.1. The second-order valence-corrected chi connectivity index (χ2v) is 7.65. The smallest absolute Gasteiger partial charge is 0.284 e. The molecule has 1 atom stereocenters. The number of amides is 1. The molecule has 0 aromatic heterocycles. The Morgan fingerprint density at radius 2 is 1.85 bits per heavy atom. The summed E-state index contributed by atoms with van der Waals surface area (Å²) in [5.74, 6) is 0.251. The highest BCUT2D eigenvalue weighted by atomic mass is 35.5. The van der Waals surface area contributed by atoms with Crippen molar-refractivity contribution < 1.29 is 9.69 Å². The Morgan fingerprint density at radius 3 is 2.62 bits per heavy atom. The molecule has 4 rings (SSSR count). The topological polar surface area (TPSA) is 28.0 Å². The van der Waals surface area contributed by atoms with Crippen LogP contribution in [0, 0.1) is 0 Å². The summed E-state index contributed by atoms with van der Waals surface area (Å²) in [6.45, 7) is 6.72. The number of hydrogen-bond acceptors (Lipinski definition) is 2. The monoisotopic (exact) mass is 370 g/mol. The minimum absolute atomic E-state index is 0.0114. The predicted molar refractivity (Wildman–Crippen MR) is 106 cm³/mol. The zero-order valence-electron chi connectivity index (χ0n) is 15.1. The number of anilines is 2. The summed E-state index contributed by atoms with van der Waals surface area (Å²) in [6.07, 6.45) is 0.965. The largest absolute Gasteiger partial charge is 0.360 e. The van der Waals surface area contributed by atoms with Gasteiger partial charge in [-0.25, -0.2) is 0 Å². The van der Waals surface area contributed by atoms with Gasteiger partial charge >= 0.3 is 0 Å². The molecule has 2 aliphatic rings. The number of quaternary nitrogens is 1. The third kappa shape index (κ3) is 3.31. The Kier molecular flexibility index (Phi) is 4.88. The minimum Gasteiger partial charge on any atom is -0.360 e. The predicted octanol–water partition coefficient (Wildman–Crippen LogP) is 2.02. The highest BCUT2D eigenvalue weighted by Crippen LogP contribution is 2.27. The number of nitrogens with one attached hydrogen (secondary N) is 1. The molecule has 1 N–H and O–H groups in total. The highest BCUT2D eigenvalue weighted by molar-refractivity contribution is 6.30. The van der Waals surface area contributed by atoms with Crippen LogP contribution >= 0.6 is 11.6 Å². The van der Waals surface area contributed by atoms with E-state index >= 15 is 0 Å². The van der Waals surface area contributed by atoms with Crippen LogP contribution in [0.3, 0.4) is 0 Å². The van der Waals surface area contributed by atoms with Crippen LogP contribution in [-0.2, 0) is 11.2 Å². The van der Waals surface area contributed by atoms with Gasteiger partial charge in [-0.05, 0) is 43.2 Å². The minimum atomic E-state index is -0.0114. The Bertz CT molecular complexity index is 801. The average Bonchev–Trinajstić information content (AvgIpc) is 3.11. The molecule has 1 saturated heterocycles. The summed E-state index contributed by atoms with van der Waals surface area (Å²) in [6, 6.07) is 16.3. The molecule has 0 bridgehead atoms. The SMILES string of the molecule is C[C@@H](C(=O)N1CCc2ccccc21)[NH+]1CCN(c2cccc(Cl)c2)CC1. The number of benzene rings is 2. The Hall–Kier alpha value is -2.04. The third-order valence-corrected chi connectivity index (χ3v) is 5.95. The first-order chi connectivity index (χ1) is 12.6. The van der Waals surface area contributed by atoms with Crippen LogP contribution in [-0.4, -0.2) is 44.7 Å². The second kappa shape index (κ2) is 7.29. The van der Waals surface area contributed by atoms with E-state index < -0.39 is 0 Å². The van der Waals surface area contributed by atoms with Crippen LogP contribution < -0.4 is 14.7 Å². The van der Waals surface area contributed by atoms with Crippen molar-refractivity contribution in [3.63, 3.8) is 0 Å². The van der Waals surface area contributed by atoms with E-state index in [9.17, 15) is 4.79 Å². The van der Waals surface area contributed by atoms with Gasteiger partial charge in [-0.3, -0.25) is 4.79 Å². The average molecular weight is 371 g/mol. The number of rotatable bonds is 3. The number of fused-ring (bicyclic) bond motifs is 1. The number of nitrogens with zero attached hydrogens (tertiary/aromatic N) is 2.